The molecule has 0 saturated carbocycles. The zero-order chi connectivity index (χ0) is 12.0. The van der Waals surface area contributed by atoms with Crippen LogP contribution in [0.2, 0.25) is 0 Å². The van der Waals surface area contributed by atoms with E-state index in [-0.39, 0.29) is 0 Å². The van der Waals surface area contributed by atoms with Gasteiger partial charge in [0.05, 0.1) is 11.4 Å². The highest BCUT2D eigenvalue weighted by Gasteiger charge is 2.15. The lowest BCUT2D eigenvalue weighted by molar-refractivity contribution is 0.668. The average Bonchev–Trinajstić information content (AvgIpc) is 2.85. The summed E-state index contributed by atoms with van der Waals surface area (Å²) in [5, 5.41) is 15.6. The third-order valence-electron chi connectivity index (χ3n) is 2.60. The van der Waals surface area contributed by atoms with Gasteiger partial charge in [-0.1, -0.05) is 5.10 Å². The number of rotatable bonds is 1. The molecule has 0 saturated heterocycles. The molecule has 0 fully saturated rings. The first-order valence-corrected chi connectivity index (χ1v) is 5.01. The molecule has 3 heterocycles. The Morgan fingerprint density at radius 2 is 2.12 bits per heavy atom. The van der Waals surface area contributed by atoms with Gasteiger partial charge < -0.3 is 5.73 Å². The third kappa shape index (κ3) is 1.27. The molecule has 0 atom stereocenters. The van der Waals surface area contributed by atoms with Crippen LogP contribution >= 0.6 is 0 Å². The second-order valence-corrected chi connectivity index (χ2v) is 3.70. The van der Waals surface area contributed by atoms with Gasteiger partial charge in [0.15, 0.2) is 0 Å². The van der Waals surface area contributed by atoms with Crippen LogP contribution in [0.4, 0.5) is 5.69 Å². The largest absolute Gasteiger partial charge is 0.397 e. The third-order valence-corrected chi connectivity index (χ3v) is 2.60. The normalized spacial score (nSPS) is 11.2. The number of hydrogen-bond acceptors (Lipinski definition) is 6. The van der Waals surface area contributed by atoms with Crippen molar-refractivity contribution in [1.29, 1.82) is 0 Å². The van der Waals surface area contributed by atoms with Gasteiger partial charge in [-0.25, -0.2) is 4.68 Å². The van der Waals surface area contributed by atoms with Gasteiger partial charge in [-0.2, -0.15) is 9.78 Å². The zero-order valence-electron chi connectivity index (χ0n) is 9.36. The number of pyridine rings is 1. The number of aryl methyl sites for hydroxylation is 2. The van der Waals surface area contributed by atoms with E-state index >= 15 is 0 Å². The van der Waals surface area contributed by atoms with E-state index in [4.69, 9.17) is 5.73 Å². The van der Waals surface area contributed by atoms with Crippen molar-refractivity contribution in [1.82, 2.24) is 35.0 Å². The van der Waals surface area contributed by atoms with Crippen LogP contribution in [0.3, 0.4) is 0 Å². The monoisotopic (exact) mass is 230 g/mol. The quantitative estimate of drug-likeness (QED) is 0.623. The maximum atomic E-state index is 5.86. The molecule has 3 rings (SSSR count). The smallest absolute Gasteiger partial charge is 0.270 e. The van der Waals surface area contributed by atoms with Crippen molar-refractivity contribution in [3.8, 4) is 5.95 Å². The van der Waals surface area contributed by atoms with Crippen molar-refractivity contribution in [2.75, 3.05) is 5.73 Å². The molecule has 0 aliphatic heterocycles. The molecule has 86 valence electrons. The molecular formula is C9H10N8. The van der Waals surface area contributed by atoms with E-state index < -0.39 is 0 Å². The lowest BCUT2D eigenvalue weighted by Gasteiger charge is -1.99. The van der Waals surface area contributed by atoms with Crippen LogP contribution in [0.15, 0.2) is 12.3 Å². The zero-order valence-corrected chi connectivity index (χ0v) is 9.36. The van der Waals surface area contributed by atoms with Crippen molar-refractivity contribution in [3.63, 3.8) is 0 Å². The predicted molar refractivity (Wildman–Crippen MR) is 60.4 cm³/mol. The van der Waals surface area contributed by atoms with Gasteiger partial charge >= 0.3 is 0 Å². The topological polar surface area (TPSA) is 100 Å². The first-order chi connectivity index (χ1) is 8.18. The Bertz CT molecular complexity index is 694. The van der Waals surface area contributed by atoms with E-state index in [2.05, 4.69) is 25.6 Å². The molecule has 0 aromatic carbocycles. The number of anilines is 1. The Morgan fingerprint density at radius 3 is 2.76 bits per heavy atom. The fourth-order valence-electron chi connectivity index (χ4n) is 1.71. The molecule has 0 radical (unpaired) electrons. The van der Waals surface area contributed by atoms with Crippen LogP contribution in [0.25, 0.3) is 17.0 Å². The first kappa shape index (κ1) is 9.70. The van der Waals surface area contributed by atoms with Crippen molar-refractivity contribution in [3.05, 3.63) is 18.0 Å². The molecule has 0 aliphatic rings. The van der Waals surface area contributed by atoms with Crippen LogP contribution in [-0.4, -0.2) is 35.0 Å². The van der Waals surface area contributed by atoms with Crippen molar-refractivity contribution >= 4 is 16.7 Å². The fraction of sp³-hybridized carbons (Fsp3) is 0.222. The Labute approximate surface area is 96.1 Å². The lowest BCUT2D eigenvalue weighted by atomic mass is 10.3. The SMILES string of the molecule is Cc1c2nccc(N)c2nn1-c1nnnn1C. The van der Waals surface area contributed by atoms with E-state index in [1.54, 1.807) is 24.0 Å². The molecule has 0 unspecified atom stereocenters. The van der Waals surface area contributed by atoms with Crippen LogP contribution in [0, 0.1) is 6.92 Å². The minimum atomic E-state index is 0.528. The molecule has 0 aliphatic carbocycles. The second kappa shape index (κ2) is 3.24. The molecule has 8 nitrogen and oxygen atoms in total. The maximum absolute atomic E-state index is 5.86. The first-order valence-electron chi connectivity index (χ1n) is 5.01. The van der Waals surface area contributed by atoms with Crippen LogP contribution < -0.4 is 5.73 Å². The molecule has 2 N–H and O–H groups in total. The number of fused-ring (bicyclic) bond motifs is 1. The molecule has 8 heteroatoms. The Morgan fingerprint density at radius 1 is 1.29 bits per heavy atom. The van der Waals surface area contributed by atoms with Crippen molar-refractivity contribution in [2.24, 2.45) is 7.05 Å². The van der Waals surface area contributed by atoms with Gasteiger partial charge in [0.2, 0.25) is 0 Å². The van der Waals surface area contributed by atoms with Crippen LogP contribution in [0.5, 0.6) is 0 Å². The Hall–Kier alpha value is -2.51. The number of nitrogens with two attached hydrogens (primary N) is 1. The lowest BCUT2D eigenvalue weighted by Crippen LogP contribution is -2.07. The van der Waals surface area contributed by atoms with Gasteiger partial charge in [-0.05, 0) is 23.4 Å². The average molecular weight is 230 g/mol. The summed E-state index contributed by atoms with van der Waals surface area (Å²) < 4.78 is 3.17. The standard InChI is InChI=1S/C9H10N8/c1-5-7-8(6(10)3-4-11-7)13-17(5)9-12-14-15-16(9)2/h3-4H,10H2,1-2H3. The minimum Gasteiger partial charge on any atom is -0.397 e. The van der Waals surface area contributed by atoms with Gasteiger partial charge in [-0.3, -0.25) is 4.98 Å². The molecular weight excluding hydrogens is 220 g/mol. The molecule has 3 aromatic rings. The molecule has 0 amide bonds. The predicted octanol–water partition coefficient (Wildman–Crippen LogP) is -0.165. The minimum absolute atomic E-state index is 0.528. The maximum Gasteiger partial charge on any atom is 0.270 e. The van der Waals surface area contributed by atoms with Gasteiger partial charge in [0.25, 0.3) is 5.95 Å². The molecule has 17 heavy (non-hydrogen) atoms. The van der Waals surface area contributed by atoms with Gasteiger partial charge in [0.1, 0.15) is 11.0 Å². The number of aromatic nitrogens is 7. The second-order valence-electron chi connectivity index (χ2n) is 3.70. The summed E-state index contributed by atoms with van der Waals surface area (Å²) in [6.45, 7) is 1.90. The Balaban J connectivity index is 2.36. The number of nitrogens with zero attached hydrogens (tertiary/aromatic N) is 7. The van der Waals surface area contributed by atoms with E-state index in [1.165, 1.54) is 4.68 Å². The summed E-state index contributed by atoms with van der Waals surface area (Å²) in [4.78, 5) is 4.26. The number of tetrazole rings is 1. The summed E-state index contributed by atoms with van der Waals surface area (Å²) in [6.07, 6.45) is 1.66. The summed E-state index contributed by atoms with van der Waals surface area (Å²) in [7, 11) is 1.75. The van der Waals surface area contributed by atoms with Crippen LogP contribution in [-0.2, 0) is 7.05 Å². The summed E-state index contributed by atoms with van der Waals surface area (Å²) in [5.41, 5.74) is 8.72. The van der Waals surface area contributed by atoms with E-state index in [9.17, 15) is 0 Å². The molecule has 0 spiro atoms. The van der Waals surface area contributed by atoms with Gasteiger partial charge in [-0.15, -0.1) is 0 Å². The number of hydrogen-bond donors (Lipinski definition) is 1. The van der Waals surface area contributed by atoms with Gasteiger partial charge in [0, 0.05) is 13.2 Å². The summed E-state index contributed by atoms with van der Waals surface area (Å²) in [5.74, 6) is 0.528. The van der Waals surface area contributed by atoms with Crippen molar-refractivity contribution < 1.29 is 0 Å². The molecule has 3 aromatic heterocycles. The highest BCUT2D eigenvalue weighted by atomic mass is 15.6. The van der Waals surface area contributed by atoms with E-state index in [0.717, 1.165) is 11.2 Å². The van der Waals surface area contributed by atoms with Crippen LogP contribution in [0.1, 0.15) is 5.69 Å². The highest BCUT2D eigenvalue weighted by molar-refractivity contribution is 5.87. The van der Waals surface area contributed by atoms with E-state index in [0.29, 0.717) is 17.2 Å². The Kier molecular flexibility index (Phi) is 1.85. The van der Waals surface area contributed by atoms with Crippen molar-refractivity contribution in [2.45, 2.75) is 6.92 Å². The van der Waals surface area contributed by atoms with E-state index in [1.807, 2.05) is 6.92 Å². The fourth-order valence-corrected chi connectivity index (χ4v) is 1.71. The highest BCUT2D eigenvalue weighted by Crippen LogP contribution is 2.21. The summed E-state index contributed by atoms with van der Waals surface area (Å²) in [6, 6.07) is 1.72. The summed E-state index contributed by atoms with van der Waals surface area (Å²) >= 11 is 0. The molecule has 0 bridgehead atoms. The number of nitrogen functional groups attached to an aromatic ring is 1.